The van der Waals surface area contributed by atoms with Gasteiger partial charge in [0.2, 0.25) is 0 Å². The Kier molecular flexibility index (Phi) is 7.45. The van der Waals surface area contributed by atoms with E-state index < -0.39 is 0 Å². The second-order valence-corrected chi connectivity index (χ2v) is 7.27. The summed E-state index contributed by atoms with van der Waals surface area (Å²) in [6, 6.07) is 9.26. The molecule has 1 saturated carbocycles. The molecule has 2 rings (SSSR count). The van der Waals surface area contributed by atoms with Gasteiger partial charge in [-0.05, 0) is 42.7 Å². The molecule has 1 N–H and O–H groups in total. The Labute approximate surface area is 134 Å². The third-order valence-electron chi connectivity index (χ3n) is 4.09. The second kappa shape index (κ2) is 9.37. The summed E-state index contributed by atoms with van der Waals surface area (Å²) >= 11 is 2.11. The fraction of sp³-hybridized carbons (Fsp3) is 0.667. The van der Waals surface area contributed by atoms with Gasteiger partial charge in [-0.15, -0.1) is 0 Å². The molecule has 0 amide bonds. The quantitative estimate of drug-likeness (QED) is 0.672. The van der Waals surface area contributed by atoms with Crippen LogP contribution in [0.15, 0.2) is 24.3 Å². The van der Waals surface area contributed by atoms with E-state index in [1.54, 1.807) is 0 Å². The van der Waals surface area contributed by atoms with Crippen LogP contribution in [0.25, 0.3) is 0 Å². The number of hydrogen-bond donors (Lipinski definition) is 1. The van der Waals surface area contributed by atoms with E-state index in [-0.39, 0.29) is 0 Å². The van der Waals surface area contributed by atoms with E-state index in [4.69, 9.17) is 4.74 Å². The van der Waals surface area contributed by atoms with Gasteiger partial charge in [-0.2, -0.15) is 11.8 Å². The van der Waals surface area contributed by atoms with Gasteiger partial charge in [-0.1, -0.05) is 38.8 Å². The number of hydrogen-bond acceptors (Lipinski definition) is 3. The Bertz CT molecular complexity index is 393. The number of benzene rings is 1. The van der Waals surface area contributed by atoms with Crippen LogP contribution in [0.4, 0.5) is 0 Å². The van der Waals surface area contributed by atoms with Crippen LogP contribution < -0.4 is 10.1 Å². The molecule has 0 bridgehead atoms. The highest BCUT2D eigenvalue weighted by Crippen LogP contribution is 2.30. The summed E-state index contributed by atoms with van der Waals surface area (Å²) in [7, 11) is 0. The lowest BCUT2D eigenvalue weighted by Crippen LogP contribution is -2.33. The molecule has 0 heterocycles. The lowest BCUT2D eigenvalue weighted by Gasteiger charge is -2.20. The van der Waals surface area contributed by atoms with E-state index in [0.29, 0.717) is 6.04 Å². The average Bonchev–Trinajstić information content (AvgIpc) is 2.94. The van der Waals surface area contributed by atoms with Crippen molar-refractivity contribution in [3.05, 3.63) is 29.8 Å². The van der Waals surface area contributed by atoms with Crippen LogP contribution in [-0.4, -0.2) is 23.7 Å². The van der Waals surface area contributed by atoms with Crippen LogP contribution in [0.3, 0.4) is 0 Å². The average molecular weight is 308 g/mol. The molecule has 2 unspecified atom stereocenters. The van der Waals surface area contributed by atoms with Crippen LogP contribution >= 0.6 is 11.8 Å². The zero-order valence-electron chi connectivity index (χ0n) is 13.4. The van der Waals surface area contributed by atoms with Crippen LogP contribution in [0.1, 0.15) is 51.5 Å². The van der Waals surface area contributed by atoms with E-state index >= 15 is 0 Å². The van der Waals surface area contributed by atoms with Gasteiger partial charge >= 0.3 is 0 Å². The van der Waals surface area contributed by atoms with Crippen molar-refractivity contribution in [3.63, 3.8) is 0 Å². The van der Waals surface area contributed by atoms with E-state index in [2.05, 4.69) is 55.2 Å². The Balaban J connectivity index is 1.75. The van der Waals surface area contributed by atoms with Crippen LogP contribution in [0.2, 0.25) is 0 Å². The molecular weight excluding hydrogens is 278 g/mol. The van der Waals surface area contributed by atoms with Gasteiger partial charge in [-0.25, -0.2) is 0 Å². The van der Waals surface area contributed by atoms with Crippen molar-refractivity contribution in [2.24, 2.45) is 0 Å². The summed E-state index contributed by atoms with van der Waals surface area (Å²) in [5, 5.41) is 4.55. The summed E-state index contributed by atoms with van der Waals surface area (Å²) in [6.45, 7) is 6.25. The zero-order valence-corrected chi connectivity index (χ0v) is 14.3. The SMILES string of the molecule is CCCCOc1ccc(CNC2CCCC2SCC)cc1. The van der Waals surface area contributed by atoms with Gasteiger partial charge in [0.15, 0.2) is 0 Å². The van der Waals surface area contributed by atoms with Crippen molar-refractivity contribution in [2.45, 2.75) is 63.8 Å². The largest absolute Gasteiger partial charge is 0.494 e. The predicted molar refractivity (Wildman–Crippen MR) is 93.2 cm³/mol. The van der Waals surface area contributed by atoms with Gasteiger partial charge in [-0.3, -0.25) is 0 Å². The third-order valence-corrected chi connectivity index (χ3v) is 5.42. The van der Waals surface area contributed by atoms with Crippen molar-refractivity contribution in [1.82, 2.24) is 5.32 Å². The summed E-state index contributed by atoms with van der Waals surface area (Å²) < 4.78 is 5.70. The number of ether oxygens (including phenoxy) is 1. The molecule has 2 nitrogen and oxygen atoms in total. The molecule has 1 aromatic rings. The molecule has 1 aliphatic carbocycles. The maximum absolute atomic E-state index is 5.70. The summed E-state index contributed by atoms with van der Waals surface area (Å²) in [4.78, 5) is 0. The second-order valence-electron chi connectivity index (χ2n) is 5.76. The van der Waals surface area contributed by atoms with Crippen LogP contribution in [0.5, 0.6) is 5.75 Å². The van der Waals surface area contributed by atoms with Crippen LogP contribution in [-0.2, 0) is 6.54 Å². The van der Waals surface area contributed by atoms with E-state index in [9.17, 15) is 0 Å². The smallest absolute Gasteiger partial charge is 0.119 e. The molecule has 0 saturated heterocycles. The standard InChI is InChI=1S/C18H29NOS/c1-3-5-13-20-16-11-9-15(10-12-16)14-19-17-7-6-8-18(17)21-4-2/h9-12,17-19H,3-8,13-14H2,1-2H3. The molecular formula is C18H29NOS. The first kappa shape index (κ1) is 16.7. The van der Waals surface area contributed by atoms with Crippen molar-refractivity contribution < 1.29 is 4.74 Å². The predicted octanol–water partition coefficient (Wildman–Crippen LogP) is 4.63. The lowest BCUT2D eigenvalue weighted by molar-refractivity contribution is 0.309. The normalized spacial score (nSPS) is 21.6. The molecule has 1 fully saturated rings. The monoisotopic (exact) mass is 307 g/mol. The minimum Gasteiger partial charge on any atom is -0.494 e. The minimum atomic E-state index is 0.690. The molecule has 21 heavy (non-hydrogen) atoms. The Hall–Kier alpha value is -0.670. The Morgan fingerprint density at radius 1 is 1.19 bits per heavy atom. The first-order valence-electron chi connectivity index (χ1n) is 8.40. The Morgan fingerprint density at radius 2 is 2.00 bits per heavy atom. The summed E-state index contributed by atoms with van der Waals surface area (Å²) in [6.07, 6.45) is 6.39. The van der Waals surface area contributed by atoms with Crippen molar-refractivity contribution >= 4 is 11.8 Å². The van der Waals surface area contributed by atoms with E-state index in [1.807, 2.05) is 0 Å². The highest BCUT2D eigenvalue weighted by atomic mass is 32.2. The fourth-order valence-electron chi connectivity index (χ4n) is 2.86. The molecule has 3 heteroatoms. The van der Waals surface area contributed by atoms with Gasteiger partial charge in [0.1, 0.15) is 5.75 Å². The minimum absolute atomic E-state index is 0.690. The third kappa shape index (κ3) is 5.55. The lowest BCUT2D eigenvalue weighted by atomic mass is 10.2. The van der Waals surface area contributed by atoms with Crippen molar-refractivity contribution in [2.75, 3.05) is 12.4 Å². The molecule has 2 atom stereocenters. The number of rotatable bonds is 9. The fourth-order valence-corrected chi connectivity index (χ4v) is 4.09. The Morgan fingerprint density at radius 3 is 2.71 bits per heavy atom. The van der Waals surface area contributed by atoms with Gasteiger partial charge < -0.3 is 10.1 Å². The maximum atomic E-state index is 5.70. The molecule has 0 radical (unpaired) electrons. The van der Waals surface area contributed by atoms with Gasteiger partial charge in [0.25, 0.3) is 0 Å². The zero-order chi connectivity index (χ0) is 14.9. The maximum Gasteiger partial charge on any atom is 0.119 e. The van der Waals surface area contributed by atoms with Crippen LogP contribution in [0, 0.1) is 0 Å². The van der Waals surface area contributed by atoms with E-state index in [0.717, 1.165) is 30.6 Å². The summed E-state index contributed by atoms with van der Waals surface area (Å²) in [5.74, 6) is 2.22. The van der Waals surface area contributed by atoms with Crippen molar-refractivity contribution in [1.29, 1.82) is 0 Å². The molecule has 118 valence electrons. The number of unbranched alkanes of at least 4 members (excludes halogenated alkanes) is 1. The van der Waals surface area contributed by atoms with Gasteiger partial charge in [0.05, 0.1) is 6.61 Å². The van der Waals surface area contributed by atoms with Crippen molar-refractivity contribution in [3.8, 4) is 5.75 Å². The molecule has 1 aromatic carbocycles. The number of nitrogens with one attached hydrogen (secondary N) is 1. The molecule has 1 aliphatic rings. The summed E-state index contributed by atoms with van der Waals surface area (Å²) in [5.41, 5.74) is 1.35. The first-order valence-corrected chi connectivity index (χ1v) is 9.45. The topological polar surface area (TPSA) is 21.3 Å². The molecule has 0 aliphatic heterocycles. The number of thioether (sulfide) groups is 1. The molecule has 0 aromatic heterocycles. The molecule has 0 spiro atoms. The van der Waals surface area contributed by atoms with Gasteiger partial charge in [0, 0.05) is 17.8 Å². The highest BCUT2D eigenvalue weighted by Gasteiger charge is 2.26. The highest BCUT2D eigenvalue weighted by molar-refractivity contribution is 7.99. The van der Waals surface area contributed by atoms with E-state index in [1.165, 1.54) is 37.0 Å². The first-order chi connectivity index (χ1) is 10.3.